The van der Waals surface area contributed by atoms with Gasteiger partial charge < -0.3 is 24.2 Å². The molecule has 0 unspecified atom stereocenters. The van der Waals surface area contributed by atoms with Crippen LogP contribution in [-0.4, -0.2) is 59.8 Å². The molecule has 162 valence electrons. The number of benzene rings is 2. The van der Waals surface area contributed by atoms with Crippen molar-refractivity contribution in [3.05, 3.63) is 71.4 Å². The van der Waals surface area contributed by atoms with Gasteiger partial charge in [-0.15, -0.1) is 0 Å². The maximum Gasteiger partial charge on any atom is 0.276 e. The van der Waals surface area contributed by atoms with Crippen LogP contribution in [0.25, 0.3) is 11.3 Å². The van der Waals surface area contributed by atoms with Gasteiger partial charge in [-0.25, -0.2) is 0 Å². The second-order valence-corrected chi connectivity index (χ2v) is 8.35. The predicted octanol–water partition coefficient (Wildman–Crippen LogP) is 3.15. The number of aromatic nitrogens is 1. The Morgan fingerprint density at radius 2 is 1.97 bits per heavy atom. The quantitative estimate of drug-likeness (QED) is 0.682. The van der Waals surface area contributed by atoms with Gasteiger partial charge in [-0.2, -0.15) is 0 Å². The van der Waals surface area contributed by atoms with E-state index in [1.165, 1.54) is 0 Å². The molecule has 3 aromatic rings. The number of aliphatic hydroxyl groups is 1. The van der Waals surface area contributed by atoms with Crippen LogP contribution in [-0.2, 0) is 12.1 Å². The molecule has 31 heavy (non-hydrogen) atoms. The fraction of sp³-hybridized carbons (Fsp3) is 0.333. The zero-order valence-electron chi connectivity index (χ0n) is 18.0. The standard InChI is InChI=1S/C24H27N3O4/c1-24(29,16-26(2)3)19-9-10-21-18(13-19)15-27(11-12-30-21)23(28)20-14-22(31-25-20)17-7-5-4-6-8-17/h4-10,13-14,29H,11-12,15-16H2,1-3H3/t24-/m1/s1. The summed E-state index contributed by atoms with van der Waals surface area (Å²) in [4.78, 5) is 16.8. The van der Waals surface area contributed by atoms with Crippen molar-refractivity contribution in [2.75, 3.05) is 33.8 Å². The predicted molar refractivity (Wildman–Crippen MR) is 117 cm³/mol. The third-order valence-electron chi connectivity index (χ3n) is 5.36. The summed E-state index contributed by atoms with van der Waals surface area (Å²) in [7, 11) is 3.84. The molecule has 1 aromatic heterocycles. The molecule has 7 heteroatoms. The van der Waals surface area contributed by atoms with Gasteiger partial charge in [0.25, 0.3) is 5.91 Å². The molecule has 0 radical (unpaired) electrons. The topological polar surface area (TPSA) is 79.0 Å². The molecule has 1 aliphatic heterocycles. The van der Waals surface area contributed by atoms with Crippen LogP contribution in [0.3, 0.4) is 0 Å². The summed E-state index contributed by atoms with van der Waals surface area (Å²) in [6, 6.07) is 16.9. The van der Waals surface area contributed by atoms with Crippen LogP contribution < -0.4 is 4.74 Å². The molecule has 2 aromatic carbocycles. The summed E-state index contributed by atoms with van der Waals surface area (Å²) in [6.07, 6.45) is 0. The highest BCUT2D eigenvalue weighted by Crippen LogP contribution is 2.30. The van der Waals surface area contributed by atoms with E-state index in [1.807, 2.05) is 67.5 Å². The van der Waals surface area contributed by atoms with Gasteiger partial charge in [0.15, 0.2) is 11.5 Å². The molecular formula is C24H27N3O4. The number of carbonyl (C=O) groups excluding carboxylic acids is 1. The van der Waals surface area contributed by atoms with Crippen LogP contribution in [0.2, 0.25) is 0 Å². The smallest absolute Gasteiger partial charge is 0.276 e. The highest BCUT2D eigenvalue weighted by molar-refractivity contribution is 5.93. The highest BCUT2D eigenvalue weighted by atomic mass is 16.5. The first-order valence-corrected chi connectivity index (χ1v) is 10.3. The molecule has 0 aliphatic carbocycles. The zero-order chi connectivity index (χ0) is 22.0. The number of fused-ring (bicyclic) bond motifs is 1. The lowest BCUT2D eigenvalue weighted by Gasteiger charge is -2.28. The van der Waals surface area contributed by atoms with Crippen molar-refractivity contribution in [3.8, 4) is 17.1 Å². The molecule has 1 atom stereocenters. The summed E-state index contributed by atoms with van der Waals surface area (Å²) in [5.74, 6) is 1.06. The Labute approximate surface area is 181 Å². The van der Waals surface area contributed by atoms with E-state index in [0.29, 0.717) is 32.0 Å². The molecule has 0 saturated heterocycles. The zero-order valence-corrected chi connectivity index (χ0v) is 18.0. The lowest BCUT2D eigenvalue weighted by Crippen LogP contribution is -2.35. The minimum Gasteiger partial charge on any atom is -0.491 e. The number of amides is 1. The van der Waals surface area contributed by atoms with Crippen LogP contribution in [0.4, 0.5) is 0 Å². The molecule has 0 spiro atoms. The molecule has 0 fully saturated rings. The van der Waals surface area contributed by atoms with E-state index in [-0.39, 0.29) is 11.6 Å². The first-order valence-electron chi connectivity index (χ1n) is 10.3. The molecule has 1 aliphatic rings. The van der Waals surface area contributed by atoms with E-state index in [2.05, 4.69) is 5.16 Å². The Morgan fingerprint density at radius 3 is 2.71 bits per heavy atom. The second kappa shape index (κ2) is 8.53. The van der Waals surface area contributed by atoms with Crippen LogP contribution in [0, 0.1) is 0 Å². The van der Waals surface area contributed by atoms with Crippen LogP contribution in [0.1, 0.15) is 28.5 Å². The van der Waals surface area contributed by atoms with E-state index in [1.54, 1.807) is 17.9 Å². The van der Waals surface area contributed by atoms with E-state index < -0.39 is 5.60 Å². The number of ether oxygens (including phenoxy) is 1. The summed E-state index contributed by atoms with van der Waals surface area (Å²) in [6.45, 7) is 3.46. The van der Waals surface area contributed by atoms with Gasteiger partial charge in [-0.3, -0.25) is 4.79 Å². The Kier molecular flexibility index (Phi) is 5.80. The highest BCUT2D eigenvalue weighted by Gasteiger charge is 2.28. The largest absolute Gasteiger partial charge is 0.491 e. The lowest BCUT2D eigenvalue weighted by atomic mass is 9.93. The van der Waals surface area contributed by atoms with E-state index in [0.717, 1.165) is 22.4 Å². The molecule has 0 saturated carbocycles. The normalized spacial score (nSPS) is 15.7. The first kappa shape index (κ1) is 21.1. The van der Waals surface area contributed by atoms with E-state index in [9.17, 15) is 9.90 Å². The van der Waals surface area contributed by atoms with Crippen LogP contribution in [0.5, 0.6) is 5.75 Å². The molecule has 7 nitrogen and oxygen atoms in total. The first-order chi connectivity index (χ1) is 14.8. The fourth-order valence-corrected chi connectivity index (χ4v) is 3.89. The van der Waals surface area contributed by atoms with Crippen LogP contribution >= 0.6 is 0 Å². The van der Waals surface area contributed by atoms with Gasteiger partial charge in [0.2, 0.25) is 0 Å². The van der Waals surface area contributed by atoms with Gasteiger partial charge in [0.05, 0.1) is 12.1 Å². The van der Waals surface area contributed by atoms with E-state index >= 15 is 0 Å². The molecule has 4 rings (SSSR count). The third kappa shape index (κ3) is 4.62. The van der Waals surface area contributed by atoms with Crippen molar-refractivity contribution < 1.29 is 19.2 Å². The average Bonchev–Trinajstić information content (AvgIpc) is 3.13. The number of likely N-dealkylation sites (N-methyl/N-ethyl adjacent to an activating group) is 1. The monoisotopic (exact) mass is 421 g/mol. The van der Waals surface area contributed by atoms with Gasteiger partial charge in [0, 0.05) is 30.3 Å². The van der Waals surface area contributed by atoms with Crippen molar-refractivity contribution >= 4 is 5.91 Å². The Balaban J connectivity index is 1.56. The van der Waals surface area contributed by atoms with E-state index in [4.69, 9.17) is 9.26 Å². The van der Waals surface area contributed by atoms with Crippen molar-refractivity contribution in [2.24, 2.45) is 0 Å². The summed E-state index contributed by atoms with van der Waals surface area (Å²) in [5.41, 5.74) is 1.75. The molecule has 2 heterocycles. The second-order valence-electron chi connectivity index (χ2n) is 8.35. The third-order valence-corrected chi connectivity index (χ3v) is 5.36. The molecule has 1 amide bonds. The molecule has 1 N–H and O–H groups in total. The van der Waals surface area contributed by atoms with Gasteiger partial charge in [-0.1, -0.05) is 41.6 Å². The SMILES string of the molecule is CN(C)C[C@@](C)(O)c1ccc2c(c1)CN(C(=O)c1cc(-c3ccccc3)on1)CCO2. The summed E-state index contributed by atoms with van der Waals surface area (Å²) < 4.78 is 11.3. The summed E-state index contributed by atoms with van der Waals surface area (Å²) >= 11 is 0. The Bertz CT molecular complexity index is 1060. The maximum absolute atomic E-state index is 13.1. The maximum atomic E-state index is 13.1. The van der Waals surface area contributed by atoms with Gasteiger partial charge in [-0.05, 0) is 38.7 Å². The average molecular weight is 421 g/mol. The Morgan fingerprint density at radius 1 is 1.19 bits per heavy atom. The van der Waals surface area contributed by atoms with Gasteiger partial charge in [0.1, 0.15) is 12.4 Å². The molecular weight excluding hydrogens is 394 g/mol. The lowest BCUT2D eigenvalue weighted by molar-refractivity contribution is 0.0299. The number of hydrogen-bond acceptors (Lipinski definition) is 6. The van der Waals surface area contributed by atoms with Crippen molar-refractivity contribution in [1.82, 2.24) is 15.0 Å². The van der Waals surface area contributed by atoms with Crippen molar-refractivity contribution in [1.29, 1.82) is 0 Å². The number of rotatable bonds is 5. The number of nitrogens with zero attached hydrogens (tertiary/aromatic N) is 3. The van der Waals surface area contributed by atoms with Crippen molar-refractivity contribution in [2.45, 2.75) is 19.1 Å². The minimum absolute atomic E-state index is 0.215. The fourth-order valence-electron chi connectivity index (χ4n) is 3.89. The molecule has 0 bridgehead atoms. The number of hydrogen-bond donors (Lipinski definition) is 1. The van der Waals surface area contributed by atoms with Crippen molar-refractivity contribution in [3.63, 3.8) is 0 Å². The number of carbonyl (C=O) groups is 1. The minimum atomic E-state index is -1.02. The van der Waals surface area contributed by atoms with Gasteiger partial charge >= 0.3 is 0 Å². The van der Waals surface area contributed by atoms with Crippen LogP contribution in [0.15, 0.2) is 59.1 Å². The summed E-state index contributed by atoms with van der Waals surface area (Å²) in [5, 5.41) is 14.9. The Hall–Kier alpha value is -3.16.